The lowest BCUT2D eigenvalue weighted by Gasteiger charge is -2.13. The van der Waals surface area contributed by atoms with Crippen LogP contribution in [-0.4, -0.2) is 0 Å². The molecule has 2 aromatic carbocycles. The molecule has 0 aliphatic rings. The molecule has 2 rings (SSSR count). The fraction of sp³-hybridized carbons (Fsp3) is 0.200. The molecule has 94 valence electrons. The molecule has 0 aromatic heterocycles. The minimum Gasteiger partial charge on any atom is -0.207 e. The third-order valence-corrected chi connectivity index (χ3v) is 4.75. The number of rotatable bonds is 3. The van der Waals surface area contributed by atoms with Gasteiger partial charge in [0.25, 0.3) is 0 Å². The summed E-state index contributed by atoms with van der Waals surface area (Å²) in [4.78, 5) is 0. The standard InChI is InChI=1S/C15H13ClFI/c1-10-3-2-4-13(15(10)18)14(16)9-11-5-7-12(17)8-6-11/h2-8,14H,9H2,1H3. The Labute approximate surface area is 125 Å². The Morgan fingerprint density at radius 1 is 1.17 bits per heavy atom. The quantitative estimate of drug-likeness (QED) is 0.508. The molecule has 0 spiro atoms. The van der Waals surface area contributed by atoms with Crippen LogP contribution in [0.1, 0.15) is 22.1 Å². The monoisotopic (exact) mass is 374 g/mol. The largest absolute Gasteiger partial charge is 0.207 e. The van der Waals surface area contributed by atoms with Gasteiger partial charge in [0, 0.05) is 3.57 Å². The van der Waals surface area contributed by atoms with Crippen molar-refractivity contribution in [2.45, 2.75) is 18.7 Å². The Hall–Kier alpha value is -0.610. The van der Waals surface area contributed by atoms with Crippen LogP contribution in [0.15, 0.2) is 42.5 Å². The maximum Gasteiger partial charge on any atom is 0.123 e. The molecule has 0 bridgehead atoms. The molecule has 0 saturated carbocycles. The Bertz CT molecular complexity index is 537. The van der Waals surface area contributed by atoms with E-state index in [0.29, 0.717) is 6.42 Å². The van der Waals surface area contributed by atoms with Crippen molar-refractivity contribution in [1.29, 1.82) is 0 Å². The molecule has 1 unspecified atom stereocenters. The van der Waals surface area contributed by atoms with Crippen molar-refractivity contribution >= 4 is 34.2 Å². The summed E-state index contributed by atoms with van der Waals surface area (Å²) in [6.07, 6.45) is 0.710. The predicted molar refractivity (Wildman–Crippen MR) is 82.6 cm³/mol. The number of hydrogen-bond acceptors (Lipinski definition) is 0. The summed E-state index contributed by atoms with van der Waals surface area (Å²) in [5, 5.41) is -0.0812. The van der Waals surface area contributed by atoms with Gasteiger partial charge in [-0.2, -0.15) is 0 Å². The summed E-state index contributed by atoms with van der Waals surface area (Å²) in [5.74, 6) is -0.213. The van der Waals surface area contributed by atoms with Crippen LogP contribution in [0.3, 0.4) is 0 Å². The molecular formula is C15H13ClFI. The second-order valence-electron chi connectivity index (χ2n) is 4.28. The van der Waals surface area contributed by atoms with Gasteiger partial charge in [0.15, 0.2) is 0 Å². The van der Waals surface area contributed by atoms with E-state index in [-0.39, 0.29) is 11.2 Å². The van der Waals surface area contributed by atoms with Crippen LogP contribution < -0.4 is 0 Å². The summed E-state index contributed by atoms with van der Waals surface area (Å²) in [6, 6.07) is 12.7. The van der Waals surface area contributed by atoms with E-state index in [1.54, 1.807) is 12.1 Å². The molecule has 0 N–H and O–H groups in total. The van der Waals surface area contributed by atoms with E-state index in [9.17, 15) is 4.39 Å². The third-order valence-electron chi connectivity index (χ3n) is 2.89. The van der Waals surface area contributed by atoms with E-state index < -0.39 is 0 Å². The number of halogens is 3. The molecule has 1 atom stereocenters. The van der Waals surface area contributed by atoms with E-state index >= 15 is 0 Å². The van der Waals surface area contributed by atoms with Crippen LogP contribution in [0.2, 0.25) is 0 Å². The van der Waals surface area contributed by atoms with E-state index in [4.69, 9.17) is 11.6 Å². The van der Waals surface area contributed by atoms with Crippen molar-refractivity contribution in [1.82, 2.24) is 0 Å². The Balaban J connectivity index is 2.19. The van der Waals surface area contributed by atoms with Crippen LogP contribution in [0, 0.1) is 16.3 Å². The number of alkyl halides is 1. The Morgan fingerprint density at radius 3 is 2.50 bits per heavy atom. The van der Waals surface area contributed by atoms with Crippen molar-refractivity contribution in [3.05, 3.63) is 68.5 Å². The highest BCUT2D eigenvalue weighted by Gasteiger charge is 2.13. The maximum atomic E-state index is 12.8. The normalized spacial score (nSPS) is 12.4. The lowest BCUT2D eigenvalue weighted by molar-refractivity contribution is 0.627. The van der Waals surface area contributed by atoms with Gasteiger partial charge >= 0.3 is 0 Å². The van der Waals surface area contributed by atoms with Crippen LogP contribution in [0.25, 0.3) is 0 Å². The van der Waals surface area contributed by atoms with E-state index in [1.165, 1.54) is 21.3 Å². The summed E-state index contributed by atoms with van der Waals surface area (Å²) < 4.78 is 14.0. The first-order valence-corrected chi connectivity index (χ1v) is 7.23. The van der Waals surface area contributed by atoms with Crippen LogP contribution >= 0.6 is 34.2 Å². The van der Waals surface area contributed by atoms with Crippen molar-refractivity contribution in [2.24, 2.45) is 0 Å². The molecule has 0 heterocycles. The Morgan fingerprint density at radius 2 is 1.83 bits per heavy atom. The van der Waals surface area contributed by atoms with Crippen LogP contribution in [0.4, 0.5) is 4.39 Å². The molecule has 2 aromatic rings. The van der Waals surface area contributed by atoms with E-state index in [2.05, 4.69) is 41.6 Å². The van der Waals surface area contributed by atoms with Crippen LogP contribution in [-0.2, 0) is 6.42 Å². The van der Waals surface area contributed by atoms with Crippen molar-refractivity contribution < 1.29 is 4.39 Å². The second-order valence-corrected chi connectivity index (χ2v) is 5.88. The van der Waals surface area contributed by atoms with Gasteiger partial charge in [0.05, 0.1) is 5.38 Å². The van der Waals surface area contributed by atoms with Gasteiger partial charge < -0.3 is 0 Å². The fourth-order valence-corrected chi connectivity index (χ4v) is 3.13. The van der Waals surface area contributed by atoms with Crippen molar-refractivity contribution in [3.8, 4) is 0 Å². The zero-order valence-corrected chi connectivity index (χ0v) is 12.9. The highest BCUT2D eigenvalue weighted by atomic mass is 127. The molecule has 0 aliphatic carbocycles. The number of benzene rings is 2. The summed E-state index contributed by atoms with van der Waals surface area (Å²) in [5.41, 5.74) is 3.42. The fourth-order valence-electron chi connectivity index (χ4n) is 1.85. The lowest BCUT2D eigenvalue weighted by Crippen LogP contribution is -2.00. The molecule has 18 heavy (non-hydrogen) atoms. The topological polar surface area (TPSA) is 0 Å². The van der Waals surface area contributed by atoms with Gasteiger partial charge in [0.2, 0.25) is 0 Å². The summed E-state index contributed by atoms with van der Waals surface area (Å²) in [6.45, 7) is 2.08. The first-order valence-electron chi connectivity index (χ1n) is 5.71. The van der Waals surface area contributed by atoms with Gasteiger partial charge in [-0.1, -0.05) is 30.3 Å². The van der Waals surface area contributed by atoms with Crippen LogP contribution in [0.5, 0.6) is 0 Å². The molecule has 0 nitrogen and oxygen atoms in total. The summed E-state index contributed by atoms with van der Waals surface area (Å²) in [7, 11) is 0. The minimum atomic E-state index is -0.213. The zero-order valence-electron chi connectivity index (χ0n) is 9.96. The summed E-state index contributed by atoms with van der Waals surface area (Å²) >= 11 is 8.78. The molecule has 0 radical (unpaired) electrons. The number of aryl methyl sites for hydroxylation is 1. The van der Waals surface area contributed by atoms with E-state index in [1.807, 2.05) is 6.07 Å². The molecular weight excluding hydrogens is 362 g/mol. The average molecular weight is 375 g/mol. The zero-order chi connectivity index (χ0) is 13.1. The average Bonchev–Trinajstić information content (AvgIpc) is 2.35. The smallest absolute Gasteiger partial charge is 0.123 e. The van der Waals surface area contributed by atoms with Crippen molar-refractivity contribution in [3.63, 3.8) is 0 Å². The minimum absolute atomic E-state index is 0.0812. The van der Waals surface area contributed by atoms with Gasteiger partial charge in [-0.3, -0.25) is 0 Å². The first-order chi connectivity index (χ1) is 8.58. The first kappa shape index (κ1) is 13.8. The lowest BCUT2D eigenvalue weighted by atomic mass is 10.0. The molecule has 0 saturated heterocycles. The maximum absolute atomic E-state index is 12.8. The SMILES string of the molecule is Cc1cccc(C(Cl)Cc2ccc(F)cc2)c1I. The van der Waals surface area contributed by atoms with Crippen molar-refractivity contribution in [2.75, 3.05) is 0 Å². The van der Waals surface area contributed by atoms with Gasteiger partial charge in [-0.15, -0.1) is 11.6 Å². The predicted octanol–water partition coefficient (Wildman–Crippen LogP) is 5.26. The van der Waals surface area contributed by atoms with E-state index in [0.717, 1.165) is 11.1 Å². The second kappa shape index (κ2) is 6.02. The third kappa shape index (κ3) is 3.23. The Kier molecular flexibility index (Phi) is 4.62. The van der Waals surface area contributed by atoms with Gasteiger partial charge in [-0.05, 0) is 64.8 Å². The molecule has 0 amide bonds. The highest BCUT2D eigenvalue weighted by molar-refractivity contribution is 14.1. The molecule has 0 fully saturated rings. The molecule has 0 aliphatic heterocycles. The van der Waals surface area contributed by atoms with Gasteiger partial charge in [0.1, 0.15) is 5.82 Å². The highest BCUT2D eigenvalue weighted by Crippen LogP contribution is 2.30. The van der Waals surface area contributed by atoms with Gasteiger partial charge in [-0.25, -0.2) is 4.39 Å². The molecule has 3 heteroatoms. The number of hydrogen-bond donors (Lipinski definition) is 0.